The predicted octanol–water partition coefficient (Wildman–Crippen LogP) is 0.502. The highest BCUT2D eigenvalue weighted by atomic mass is 16.4. The molecule has 2 aromatic heterocycles. The second kappa shape index (κ2) is 5.23. The van der Waals surface area contributed by atoms with E-state index in [9.17, 15) is 0 Å². The molecule has 0 aliphatic heterocycles. The van der Waals surface area contributed by atoms with E-state index in [2.05, 4.69) is 20.2 Å². The van der Waals surface area contributed by atoms with Gasteiger partial charge in [0.15, 0.2) is 0 Å². The van der Waals surface area contributed by atoms with Gasteiger partial charge in [0, 0.05) is 7.05 Å². The molecule has 2 heterocycles. The maximum absolute atomic E-state index is 8.76. The highest BCUT2D eigenvalue weighted by molar-refractivity contribution is 5.83. The van der Waals surface area contributed by atoms with E-state index in [1.54, 1.807) is 4.68 Å². The van der Waals surface area contributed by atoms with E-state index >= 15 is 0 Å². The van der Waals surface area contributed by atoms with Crippen molar-refractivity contribution in [2.45, 2.75) is 13.0 Å². The molecule has 0 atom stereocenters. The van der Waals surface area contributed by atoms with Crippen molar-refractivity contribution >= 4 is 16.9 Å². The van der Waals surface area contributed by atoms with Crippen LogP contribution in [0.1, 0.15) is 11.6 Å². The summed E-state index contributed by atoms with van der Waals surface area (Å²) in [4.78, 5) is 8.77. The zero-order valence-electron chi connectivity index (χ0n) is 11.5. The second-order valence-corrected chi connectivity index (χ2v) is 4.67. The third-order valence-corrected chi connectivity index (χ3v) is 3.31. The molecule has 1 aromatic carbocycles. The lowest BCUT2D eigenvalue weighted by Crippen LogP contribution is -2.19. The van der Waals surface area contributed by atoms with Crippen molar-refractivity contribution in [3.05, 3.63) is 42.2 Å². The van der Waals surface area contributed by atoms with Crippen LogP contribution in [0.3, 0.4) is 0 Å². The molecular formula is C13H15N7O. The number of aromatic nitrogens is 5. The zero-order chi connectivity index (χ0) is 14.8. The van der Waals surface area contributed by atoms with Crippen molar-refractivity contribution in [3.63, 3.8) is 0 Å². The molecule has 8 heteroatoms. The van der Waals surface area contributed by atoms with E-state index in [0.29, 0.717) is 6.54 Å². The molecule has 0 saturated carbocycles. The molecule has 3 N–H and O–H groups in total. The smallest absolute Gasteiger partial charge is 0.146 e. The number of amidine groups is 1. The number of imidazole rings is 1. The van der Waals surface area contributed by atoms with Crippen molar-refractivity contribution in [1.29, 1.82) is 0 Å². The lowest BCUT2D eigenvalue weighted by atomic mass is 10.3. The van der Waals surface area contributed by atoms with Gasteiger partial charge >= 0.3 is 0 Å². The van der Waals surface area contributed by atoms with E-state index < -0.39 is 0 Å². The van der Waals surface area contributed by atoms with E-state index in [1.165, 1.54) is 6.33 Å². The van der Waals surface area contributed by atoms with Gasteiger partial charge in [-0.25, -0.2) is 9.97 Å². The topological polar surface area (TPSA) is 107 Å². The lowest BCUT2D eigenvalue weighted by molar-refractivity contribution is 0.317. The fraction of sp³-hybridized carbons (Fsp3) is 0.231. The average molecular weight is 285 g/mol. The van der Waals surface area contributed by atoms with Crippen LogP contribution >= 0.6 is 0 Å². The molecule has 108 valence electrons. The Bertz CT molecular complexity index is 802. The van der Waals surface area contributed by atoms with Gasteiger partial charge in [0.05, 0.1) is 24.0 Å². The highest BCUT2D eigenvalue weighted by Gasteiger charge is 2.14. The number of fused-ring (bicyclic) bond motifs is 1. The number of nitrogens with zero attached hydrogens (tertiary/aromatic N) is 6. The van der Waals surface area contributed by atoms with Crippen LogP contribution in [-0.2, 0) is 20.0 Å². The van der Waals surface area contributed by atoms with Crippen LogP contribution in [0.2, 0.25) is 0 Å². The monoisotopic (exact) mass is 285 g/mol. The molecule has 0 radical (unpaired) electrons. The Kier molecular flexibility index (Phi) is 3.27. The van der Waals surface area contributed by atoms with Gasteiger partial charge in [-0.05, 0) is 12.1 Å². The maximum atomic E-state index is 8.76. The molecular weight excluding hydrogens is 270 g/mol. The Morgan fingerprint density at radius 1 is 1.33 bits per heavy atom. The Hall–Kier alpha value is -2.90. The van der Waals surface area contributed by atoms with Crippen molar-refractivity contribution in [2.24, 2.45) is 17.9 Å². The van der Waals surface area contributed by atoms with E-state index in [1.807, 2.05) is 35.9 Å². The number of para-hydroxylation sites is 2. The third kappa shape index (κ3) is 2.42. The molecule has 8 nitrogen and oxygen atoms in total. The van der Waals surface area contributed by atoms with Gasteiger partial charge in [0.2, 0.25) is 0 Å². The first-order valence-corrected chi connectivity index (χ1v) is 6.42. The predicted molar refractivity (Wildman–Crippen MR) is 77.0 cm³/mol. The molecule has 0 spiro atoms. The minimum Gasteiger partial charge on any atom is -0.409 e. The van der Waals surface area contributed by atoms with Gasteiger partial charge < -0.3 is 15.5 Å². The highest BCUT2D eigenvalue weighted by Crippen LogP contribution is 2.17. The largest absolute Gasteiger partial charge is 0.409 e. The summed E-state index contributed by atoms with van der Waals surface area (Å²) in [6.45, 7) is 0.519. The van der Waals surface area contributed by atoms with E-state index in [0.717, 1.165) is 22.7 Å². The maximum Gasteiger partial charge on any atom is 0.146 e. The molecule has 0 saturated heterocycles. The molecule has 0 aliphatic carbocycles. The lowest BCUT2D eigenvalue weighted by Gasteiger charge is -2.08. The van der Waals surface area contributed by atoms with Gasteiger partial charge in [-0.3, -0.25) is 4.68 Å². The number of hydrogen-bond acceptors (Lipinski definition) is 5. The molecule has 0 unspecified atom stereocenters. The first-order valence-electron chi connectivity index (χ1n) is 6.42. The summed E-state index contributed by atoms with van der Waals surface area (Å²) in [7, 11) is 1.84. The van der Waals surface area contributed by atoms with Crippen LogP contribution in [0.5, 0.6) is 0 Å². The van der Waals surface area contributed by atoms with E-state index in [-0.39, 0.29) is 12.3 Å². The Morgan fingerprint density at radius 2 is 2.14 bits per heavy atom. The number of rotatable bonds is 4. The van der Waals surface area contributed by atoms with E-state index in [4.69, 9.17) is 10.9 Å². The first kappa shape index (κ1) is 13.1. The summed E-state index contributed by atoms with van der Waals surface area (Å²) < 4.78 is 3.71. The fourth-order valence-electron chi connectivity index (χ4n) is 2.24. The summed E-state index contributed by atoms with van der Waals surface area (Å²) in [5.74, 6) is 1.64. The number of oxime groups is 1. The number of hydrogen-bond donors (Lipinski definition) is 2. The third-order valence-electron chi connectivity index (χ3n) is 3.31. The minimum atomic E-state index is 0.115. The van der Waals surface area contributed by atoms with Crippen LogP contribution < -0.4 is 5.73 Å². The summed E-state index contributed by atoms with van der Waals surface area (Å²) in [5.41, 5.74) is 7.45. The quantitative estimate of drug-likeness (QED) is 0.314. The number of aryl methyl sites for hydroxylation is 1. The van der Waals surface area contributed by atoms with Crippen LogP contribution in [0.4, 0.5) is 0 Å². The van der Waals surface area contributed by atoms with Crippen LogP contribution in [0.25, 0.3) is 11.0 Å². The molecule has 0 amide bonds. The standard InChI is InChI=1S/C13H15N7O/c1-19-13(15-8-16-19)7-20-10-5-3-2-4-9(10)17-12(20)6-11(14)18-21/h2-5,8,21H,6-7H2,1H3,(H2,14,18). The number of benzene rings is 1. The summed E-state index contributed by atoms with van der Waals surface area (Å²) in [5, 5.41) is 15.8. The zero-order valence-corrected chi connectivity index (χ0v) is 11.5. The summed E-state index contributed by atoms with van der Waals surface area (Å²) in [6.07, 6.45) is 1.78. The average Bonchev–Trinajstić information content (AvgIpc) is 3.04. The van der Waals surface area contributed by atoms with Crippen LogP contribution in [-0.4, -0.2) is 35.4 Å². The molecule has 0 aliphatic rings. The van der Waals surface area contributed by atoms with Crippen LogP contribution in [0.15, 0.2) is 35.7 Å². The van der Waals surface area contributed by atoms with Crippen molar-refractivity contribution in [3.8, 4) is 0 Å². The van der Waals surface area contributed by atoms with Crippen molar-refractivity contribution < 1.29 is 5.21 Å². The summed E-state index contributed by atoms with van der Waals surface area (Å²) in [6, 6.07) is 7.78. The first-order chi connectivity index (χ1) is 10.2. The van der Waals surface area contributed by atoms with Crippen LogP contribution in [0, 0.1) is 0 Å². The molecule has 3 aromatic rings. The van der Waals surface area contributed by atoms with Crippen molar-refractivity contribution in [1.82, 2.24) is 24.3 Å². The Morgan fingerprint density at radius 3 is 2.86 bits per heavy atom. The SMILES string of the molecule is Cn1ncnc1Cn1c(CC(N)=NO)nc2ccccc21. The number of nitrogens with two attached hydrogens (primary N) is 1. The van der Waals surface area contributed by atoms with Gasteiger partial charge in [-0.15, -0.1) is 0 Å². The molecule has 21 heavy (non-hydrogen) atoms. The molecule has 0 fully saturated rings. The minimum absolute atomic E-state index is 0.115. The normalized spacial score (nSPS) is 12.1. The van der Waals surface area contributed by atoms with Gasteiger partial charge in [-0.2, -0.15) is 5.10 Å². The summed E-state index contributed by atoms with van der Waals surface area (Å²) >= 11 is 0. The Labute approximate surface area is 120 Å². The van der Waals surface area contributed by atoms with Gasteiger partial charge in [0.1, 0.15) is 23.8 Å². The van der Waals surface area contributed by atoms with Crippen molar-refractivity contribution in [2.75, 3.05) is 0 Å². The second-order valence-electron chi connectivity index (χ2n) is 4.67. The molecule has 0 bridgehead atoms. The fourth-order valence-corrected chi connectivity index (χ4v) is 2.24. The molecule has 3 rings (SSSR count). The van der Waals surface area contributed by atoms with Gasteiger partial charge in [0.25, 0.3) is 0 Å². The van der Waals surface area contributed by atoms with Gasteiger partial charge in [-0.1, -0.05) is 17.3 Å². The Balaban J connectivity index is 2.09.